The molecule has 5 nitrogen and oxygen atoms in total. The number of carbonyl (C=O) groups is 2. The molecule has 1 amide bonds. The highest BCUT2D eigenvalue weighted by Crippen LogP contribution is 2.21. The number of aliphatic carboxylic acids is 1. The van der Waals surface area contributed by atoms with E-state index < -0.39 is 11.5 Å². The molecule has 1 aromatic heterocycles. The van der Waals surface area contributed by atoms with Crippen molar-refractivity contribution in [2.75, 3.05) is 6.54 Å². The summed E-state index contributed by atoms with van der Waals surface area (Å²) in [6, 6.07) is 0. The number of thiazole rings is 1. The van der Waals surface area contributed by atoms with Gasteiger partial charge < -0.3 is 10.0 Å². The van der Waals surface area contributed by atoms with E-state index in [9.17, 15) is 9.59 Å². The van der Waals surface area contributed by atoms with Crippen LogP contribution in [0.5, 0.6) is 0 Å². The standard InChI is InChI=1S/C12H18N2O3S/c1-8-13-7-9(18-8)11(17)14(12(2,3)4)6-5-10(15)16/h7H,5-6H2,1-4H3,(H,15,16). The van der Waals surface area contributed by atoms with Crippen LogP contribution in [0.1, 0.15) is 41.9 Å². The van der Waals surface area contributed by atoms with Crippen molar-refractivity contribution in [1.82, 2.24) is 9.88 Å². The lowest BCUT2D eigenvalue weighted by molar-refractivity contribution is -0.137. The van der Waals surface area contributed by atoms with E-state index in [1.165, 1.54) is 11.3 Å². The van der Waals surface area contributed by atoms with Crippen LogP contribution < -0.4 is 0 Å². The van der Waals surface area contributed by atoms with Gasteiger partial charge in [0.25, 0.3) is 5.91 Å². The number of aryl methyl sites for hydroxylation is 1. The van der Waals surface area contributed by atoms with Gasteiger partial charge in [0, 0.05) is 12.1 Å². The predicted octanol–water partition coefficient (Wildman–Crippen LogP) is 2.17. The first-order valence-electron chi connectivity index (χ1n) is 5.68. The summed E-state index contributed by atoms with van der Waals surface area (Å²) in [5.74, 6) is -1.06. The average Bonchev–Trinajstić information content (AvgIpc) is 2.62. The third kappa shape index (κ3) is 3.80. The summed E-state index contributed by atoms with van der Waals surface area (Å²) in [5, 5.41) is 9.56. The smallest absolute Gasteiger partial charge is 0.305 e. The second-order valence-electron chi connectivity index (χ2n) is 5.01. The molecule has 0 aromatic carbocycles. The van der Waals surface area contributed by atoms with Gasteiger partial charge in [-0.3, -0.25) is 9.59 Å². The Bertz CT molecular complexity index is 448. The molecule has 0 radical (unpaired) electrons. The van der Waals surface area contributed by atoms with Gasteiger partial charge in [0.05, 0.1) is 17.6 Å². The maximum atomic E-state index is 12.3. The van der Waals surface area contributed by atoms with Gasteiger partial charge in [-0.15, -0.1) is 11.3 Å². The molecule has 1 N–H and O–H groups in total. The summed E-state index contributed by atoms with van der Waals surface area (Å²) in [6.45, 7) is 7.71. The van der Waals surface area contributed by atoms with Crippen LogP contribution in [0.4, 0.5) is 0 Å². The highest BCUT2D eigenvalue weighted by Gasteiger charge is 2.28. The molecule has 0 spiro atoms. The molecule has 18 heavy (non-hydrogen) atoms. The Morgan fingerprint density at radius 1 is 1.44 bits per heavy atom. The highest BCUT2D eigenvalue weighted by atomic mass is 32.1. The molecule has 0 saturated heterocycles. The van der Waals surface area contributed by atoms with E-state index in [-0.39, 0.29) is 18.9 Å². The highest BCUT2D eigenvalue weighted by molar-refractivity contribution is 7.13. The normalized spacial score (nSPS) is 11.3. The minimum absolute atomic E-state index is 0.0548. The van der Waals surface area contributed by atoms with Gasteiger partial charge in [-0.2, -0.15) is 0 Å². The number of carboxylic acids is 1. The number of rotatable bonds is 4. The van der Waals surface area contributed by atoms with Gasteiger partial charge in [-0.05, 0) is 27.7 Å². The number of hydrogen-bond donors (Lipinski definition) is 1. The Morgan fingerprint density at radius 2 is 2.06 bits per heavy atom. The van der Waals surface area contributed by atoms with Crippen LogP contribution in [0.15, 0.2) is 6.20 Å². The van der Waals surface area contributed by atoms with E-state index >= 15 is 0 Å². The summed E-state index contributed by atoms with van der Waals surface area (Å²) in [6.07, 6.45) is 1.49. The number of nitrogens with zero attached hydrogens (tertiary/aromatic N) is 2. The maximum Gasteiger partial charge on any atom is 0.305 e. The number of carbonyl (C=O) groups excluding carboxylic acids is 1. The van der Waals surface area contributed by atoms with Crippen LogP contribution in [-0.4, -0.2) is 39.0 Å². The zero-order chi connectivity index (χ0) is 13.9. The molecular weight excluding hydrogens is 252 g/mol. The lowest BCUT2D eigenvalue weighted by Gasteiger charge is -2.35. The van der Waals surface area contributed by atoms with Crippen molar-refractivity contribution in [3.8, 4) is 0 Å². The lowest BCUT2D eigenvalue weighted by Crippen LogP contribution is -2.46. The summed E-state index contributed by atoms with van der Waals surface area (Å²) in [5.41, 5.74) is -0.412. The van der Waals surface area contributed by atoms with E-state index in [1.54, 1.807) is 11.1 Å². The fraction of sp³-hybridized carbons (Fsp3) is 0.583. The Balaban J connectivity index is 2.89. The van der Waals surface area contributed by atoms with Crippen molar-refractivity contribution in [3.63, 3.8) is 0 Å². The van der Waals surface area contributed by atoms with Gasteiger partial charge in [-0.1, -0.05) is 0 Å². The minimum Gasteiger partial charge on any atom is -0.481 e. The Morgan fingerprint density at radius 3 is 2.44 bits per heavy atom. The topological polar surface area (TPSA) is 70.5 Å². The largest absolute Gasteiger partial charge is 0.481 e. The van der Waals surface area contributed by atoms with Crippen LogP contribution in [0.25, 0.3) is 0 Å². The van der Waals surface area contributed by atoms with Crippen molar-refractivity contribution >= 4 is 23.2 Å². The molecule has 0 fully saturated rings. The van der Waals surface area contributed by atoms with Crippen molar-refractivity contribution in [1.29, 1.82) is 0 Å². The summed E-state index contributed by atoms with van der Waals surface area (Å²) in [4.78, 5) is 29.1. The molecule has 1 aromatic rings. The Kier molecular flexibility index (Phi) is 4.45. The van der Waals surface area contributed by atoms with Crippen molar-refractivity contribution in [2.24, 2.45) is 0 Å². The molecule has 6 heteroatoms. The van der Waals surface area contributed by atoms with Crippen LogP contribution in [0.2, 0.25) is 0 Å². The molecule has 0 aliphatic rings. The fourth-order valence-electron chi connectivity index (χ4n) is 1.54. The van der Waals surface area contributed by atoms with Crippen LogP contribution in [-0.2, 0) is 4.79 Å². The number of hydrogen-bond acceptors (Lipinski definition) is 4. The van der Waals surface area contributed by atoms with E-state index in [0.717, 1.165) is 5.01 Å². The van der Waals surface area contributed by atoms with Crippen molar-refractivity contribution in [3.05, 3.63) is 16.1 Å². The van der Waals surface area contributed by atoms with E-state index in [2.05, 4.69) is 4.98 Å². The molecule has 0 aliphatic carbocycles. The quantitative estimate of drug-likeness (QED) is 0.910. The number of aromatic nitrogens is 1. The molecule has 1 rings (SSSR count). The maximum absolute atomic E-state index is 12.3. The third-order valence-corrected chi connectivity index (χ3v) is 3.34. The fourth-order valence-corrected chi connectivity index (χ4v) is 2.27. The van der Waals surface area contributed by atoms with E-state index in [4.69, 9.17) is 5.11 Å². The van der Waals surface area contributed by atoms with E-state index in [0.29, 0.717) is 4.88 Å². The molecule has 0 aliphatic heterocycles. The van der Waals surface area contributed by atoms with E-state index in [1.807, 2.05) is 27.7 Å². The zero-order valence-electron chi connectivity index (χ0n) is 11.1. The summed E-state index contributed by atoms with van der Waals surface area (Å²) >= 11 is 1.32. The molecule has 0 unspecified atom stereocenters. The number of amides is 1. The Labute approximate surface area is 110 Å². The van der Waals surface area contributed by atoms with Crippen LogP contribution in [0, 0.1) is 6.92 Å². The first-order chi connectivity index (χ1) is 8.21. The Hall–Kier alpha value is -1.43. The minimum atomic E-state index is -0.905. The van der Waals surface area contributed by atoms with Crippen molar-refractivity contribution < 1.29 is 14.7 Å². The van der Waals surface area contributed by atoms with Gasteiger partial charge in [-0.25, -0.2) is 4.98 Å². The first kappa shape index (κ1) is 14.6. The third-order valence-electron chi connectivity index (χ3n) is 2.44. The van der Waals surface area contributed by atoms with Crippen LogP contribution >= 0.6 is 11.3 Å². The molecule has 0 atom stereocenters. The second-order valence-corrected chi connectivity index (χ2v) is 6.25. The van der Waals surface area contributed by atoms with Crippen LogP contribution in [0.3, 0.4) is 0 Å². The van der Waals surface area contributed by atoms with Gasteiger partial charge >= 0.3 is 5.97 Å². The zero-order valence-corrected chi connectivity index (χ0v) is 11.9. The molecule has 0 saturated carbocycles. The van der Waals surface area contributed by atoms with Gasteiger partial charge in [0.2, 0.25) is 0 Å². The summed E-state index contributed by atoms with van der Waals surface area (Å²) < 4.78 is 0. The molecule has 1 heterocycles. The SMILES string of the molecule is Cc1ncc(C(=O)N(CCC(=O)O)C(C)(C)C)s1. The van der Waals surface area contributed by atoms with Gasteiger partial charge in [0.1, 0.15) is 4.88 Å². The van der Waals surface area contributed by atoms with Gasteiger partial charge in [0.15, 0.2) is 0 Å². The second kappa shape index (κ2) is 5.48. The number of carboxylic acid groups (broad SMARTS) is 1. The monoisotopic (exact) mass is 270 g/mol. The lowest BCUT2D eigenvalue weighted by atomic mass is 10.1. The van der Waals surface area contributed by atoms with Crippen molar-refractivity contribution in [2.45, 2.75) is 39.7 Å². The molecule has 0 bridgehead atoms. The predicted molar refractivity (Wildman–Crippen MR) is 69.9 cm³/mol. The average molecular weight is 270 g/mol. The summed E-state index contributed by atoms with van der Waals surface area (Å²) in [7, 11) is 0. The molecule has 100 valence electrons. The first-order valence-corrected chi connectivity index (χ1v) is 6.49. The molecular formula is C12H18N2O3S.